The van der Waals surface area contributed by atoms with Crippen LogP contribution in [0.25, 0.3) is 0 Å². The topological polar surface area (TPSA) is 102 Å². The van der Waals surface area contributed by atoms with E-state index in [2.05, 4.69) is 15.0 Å². The number of nitrogen functional groups attached to an aromatic ring is 1. The first-order chi connectivity index (χ1) is 10.7. The molecule has 0 atom stereocenters. The lowest BCUT2D eigenvalue weighted by atomic mass is 10.1. The van der Waals surface area contributed by atoms with E-state index in [0.717, 1.165) is 0 Å². The highest BCUT2D eigenvalue weighted by atomic mass is 32.2. The summed E-state index contributed by atoms with van der Waals surface area (Å²) >= 11 is 1.41. The van der Waals surface area contributed by atoms with E-state index in [1.54, 1.807) is 24.3 Å². The highest BCUT2D eigenvalue weighted by Gasteiger charge is 2.34. The van der Waals surface area contributed by atoms with E-state index in [1.165, 1.54) is 23.0 Å². The number of nitrogens with zero attached hydrogens (tertiary/aromatic N) is 4. The van der Waals surface area contributed by atoms with Crippen LogP contribution in [0.2, 0.25) is 0 Å². The van der Waals surface area contributed by atoms with Crippen LogP contribution in [-0.2, 0) is 0 Å². The van der Waals surface area contributed by atoms with Crippen LogP contribution in [0.5, 0.6) is 0 Å². The van der Waals surface area contributed by atoms with Gasteiger partial charge in [-0.05, 0) is 18.6 Å². The van der Waals surface area contributed by atoms with Gasteiger partial charge in [-0.15, -0.1) is 0 Å². The Morgan fingerprint density at radius 3 is 2.41 bits per heavy atom. The molecule has 3 rings (SSSR count). The Bertz CT molecular complexity index is 702. The molecule has 1 aliphatic heterocycles. The van der Waals surface area contributed by atoms with Crippen LogP contribution < -0.4 is 5.73 Å². The van der Waals surface area contributed by atoms with Crippen LogP contribution in [0.15, 0.2) is 35.7 Å². The molecule has 0 saturated carbocycles. The predicted molar refractivity (Wildman–Crippen MR) is 81.4 cm³/mol. The lowest BCUT2D eigenvalue weighted by molar-refractivity contribution is 0.0655. The van der Waals surface area contributed by atoms with Gasteiger partial charge in [-0.1, -0.05) is 23.9 Å². The van der Waals surface area contributed by atoms with E-state index in [1.807, 2.05) is 0 Å². The fourth-order valence-corrected chi connectivity index (χ4v) is 2.93. The molecule has 1 aromatic carbocycles. The normalized spacial score (nSPS) is 13.5. The number of carbonyl (C=O) groups excluding carboxylic acids is 2. The third-order valence-corrected chi connectivity index (χ3v) is 4.15. The van der Waals surface area contributed by atoms with E-state index in [-0.39, 0.29) is 17.8 Å². The molecule has 0 spiro atoms. The number of benzene rings is 1. The average molecular weight is 315 g/mol. The van der Waals surface area contributed by atoms with E-state index in [4.69, 9.17) is 5.73 Å². The van der Waals surface area contributed by atoms with Crippen molar-refractivity contribution < 1.29 is 9.59 Å². The molecule has 0 saturated heterocycles. The molecule has 0 unspecified atom stereocenters. The zero-order valence-electron chi connectivity index (χ0n) is 11.6. The number of hydrogen-bond donors (Lipinski definition) is 1. The van der Waals surface area contributed by atoms with Gasteiger partial charge in [0.2, 0.25) is 5.95 Å². The molecule has 0 radical (unpaired) electrons. The molecule has 22 heavy (non-hydrogen) atoms. The second-order valence-electron chi connectivity index (χ2n) is 4.64. The molecule has 2 amide bonds. The van der Waals surface area contributed by atoms with Crippen molar-refractivity contribution in [3.63, 3.8) is 0 Å². The molecule has 8 heteroatoms. The van der Waals surface area contributed by atoms with E-state index in [9.17, 15) is 9.59 Å². The summed E-state index contributed by atoms with van der Waals surface area (Å²) in [5, 5.41) is 0.537. The Hall–Kier alpha value is -2.48. The second kappa shape index (κ2) is 6.10. The van der Waals surface area contributed by atoms with Gasteiger partial charge >= 0.3 is 0 Å². The summed E-state index contributed by atoms with van der Waals surface area (Å²) in [4.78, 5) is 37.3. The molecule has 0 aliphatic carbocycles. The first kappa shape index (κ1) is 14.5. The Morgan fingerprint density at radius 1 is 1.09 bits per heavy atom. The Morgan fingerprint density at radius 2 is 1.77 bits per heavy atom. The van der Waals surface area contributed by atoms with Gasteiger partial charge in [-0.3, -0.25) is 14.5 Å². The maximum absolute atomic E-state index is 12.2. The van der Waals surface area contributed by atoms with Gasteiger partial charge < -0.3 is 5.73 Å². The minimum Gasteiger partial charge on any atom is -0.368 e. The summed E-state index contributed by atoms with van der Waals surface area (Å²) in [7, 11) is 0. The van der Waals surface area contributed by atoms with Crippen molar-refractivity contribution in [2.24, 2.45) is 0 Å². The molecular weight excluding hydrogens is 302 g/mol. The third-order valence-electron chi connectivity index (χ3n) is 3.20. The largest absolute Gasteiger partial charge is 0.368 e. The van der Waals surface area contributed by atoms with Crippen molar-refractivity contribution in [3.05, 3.63) is 41.7 Å². The van der Waals surface area contributed by atoms with E-state index in [0.29, 0.717) is 35.0 Å². The predicted octanol–water partition coefficient (Wildman–Crippen LogP) is 1.23. The summed E-state index contributed by atoms with van der Waals surface area (Å²) in [6, 6.07) is 6.87. The fraction of sp³-hybridized carbons (Fsp3) is 0.214. The molecule has 112 valence electrons. The zero-order valence-corrected chi connectivity index (χ0v) is 12.4. The van der Waals surface area contributed by atoms with Gasteiger partial charge in [-0.2, -0.15) is 4.98 Å². The number of thioether (sulfide) groups is 1. The molecule has 2 heterocycles. The number of amides is 2. The first-order valence-corrected chi connectivity index (χ1v) is 7.68. The van der Waals surface area contributed by atoms with Crippen molar-refractivity contribution in [2.45, 2.75) is 11.6 Å². The number of aromatic nitrogens is 3. The number of imide groups is 1. The molecule has 2 N–H and O–H groups in total. The van der Waals surface area contributed by atoms with Crippen LogP contribution in [0.1, 0.15) is 27.1 Å². The van der Waals surface area contributed by atoms with Gasteiger partial charge in [0.15, 0.2) is 5.16 Å². The Balaban J connectivity index is 1.55. The number of carbonyl (C=O) groups is 2. The molecule has 1 aromatic heterocycles. The average Bonchev–Trinajstić information content (AvgIpc) is 2.77. The molecule has 0 bridgehead atoms. The number of hydrogen-bond acceptors (Lipinski definition) is 7. The number of anilines is 1. The standard InChI is InChI=1S/C14H13N5O2S/c15-13-16-8-17-14(18-13)22-7-3-6-19-11(20)9-4-1-2-5-10(9)12(19)21/h1-2,4-5,8H,3,6-7H2,(H2,15,16,17,18). The SMILES string of the molecule is Nc1ncnc(SCCCN2C(=O)c3ccccc3C2=O)n1. The van der Waals surface area contributed by atoms with E-state index < -0.39 is 0 Å². The van der Waals surface area contributed by atoms with Gasteiger partial charge in [0.05, 0.1) is 11.1 Å². The van der Waals surface area contributed by atoms with Crippen LogP contribution in [0.3, 0.4) is 0 Å². The molecular formula is C14H13N5O2S. The maximum Gasteiger partial charge on any atom is 0.261 e. The van der Waals surface area contributed by atoms with Crippen molar-refractivity contribution in [1.29, 1.82) is 0 Å². The summed E-state index contributed by atoms with van der Waals surface area (Å²) in [5.41, 5.74) is 6.43. The van der Waals surface area contributed by atoms with Gasteiger partial charge in [-0.25, -0.2) is 9.97 Å². The van der Waals surface area contributed by atoms with Gasteiger partial charge in [0.25, 0.3) is 11.8 Å². The summed E-state index contributed by atoms with van der Waals surface area (Å²) in [6.07, 6.45) is 2.01. The Labute approximate surface area is 131 Å². The number of nitrogens with two attached hydrogens (primary N) is 1. The second-order valence-corrected chi connectivity index (χ2v) is 5.70. The Kier molecular flexibility index (Phi) is 4.01. The monoisotopic (exact) mass is 315 g/mol. The smallest absolute Gasteiger partial charge is 0.261 e. The molecule has 0 fully saturated rings. The van der Waals surface area contributed by atoms with Crippen molar-refractivity contribution >= 4 is 29.5 Å². The summed E-state index contributed by atoms with van der Waals surface area (Å²) in [6.45, 7) is 0.375. The lowest BCUT2D eigenvalue weighted by Gasteiger charge is -2.12. The van der Waals surface area contributed by atoms with Gasteiger partial charge in [0.1, 0.15) is 6.33 Å². The fourth-order valence-electron chi connectivity index (χ4n) is 2.19. The minimum absolute atomic E-state index is 0.179. The highest BCUT2D eigenvalue weighted by molar-refractivity contribution is 7.99. The number of rotatable bonds is 5. The molecule has 7 nitrogen and oxygen atoms in total. The van der Waals surface area contributed by atoms with Crippen molar-refractivity contribution in [3.8, 4) is 0 Å². The van der Waals surface area contributed by atoms with Crippen LogP contribution in [0.4, 0.5) is 5.95 Å². The first-order valence-electron chi connectivity index (χ1n) is 6.69. The summed E-state index contributed by atoms with van der Waals surface area (Å²) in [5.74, 6) is 0.402. The maximum atomic E-state index is 12.2. The molecule has 1 aliphatic rings. The highest BCUT2D eigenvalue weighted by Crippen LogP contribution is 2.23. The molecule has 2 aromatic rings. The van der Waals surface area contributed by atoms with Crippen LogP contribution in [-0.4, -0.2) is 44.0 Å². The lowest BCUT2D eigenvalue weighted by Crippen LogP contribution is -2.31. The number of fused-ring (bicyclic) bond motifs is 1. The minimum atomic E-state index is -0.227. The van der Waals surface area contributed by atoms with Crippen molar-refractivity contribution in [1.82, 2.24) is 19.9 Å². The zero-order chi connectivity index (χ0) is 15.5. The van der Waals surface area contributed by atoms with Crippen LogP contribution in [0, 0.1) is 0 Å². The summed E-state index contributed by atoms with van der Waals surface area (Å²) < 4.78 is 0. The van der Waals surface area contributed by atoms with Crippen molar-refractivity contribution in [2.75, 3.05) is 18.0 Å². The third kappa shape index (κ3) is 2.77. The van der Waals surface area contributed by atoms with Crippen LogP contribution >= 0.6 is 11.8 Å². The van der Waals surface area contributed by atoms with Gasteiger partial charge in [0, 0.05) is 12.3 Å². The van der Waals surface area contributed by atoms with E-state index >= 15 is 0 Å². The quantitative estimate of drug-likeness (QED) is 0.503.